The molecule has 0 saturated carbocycles. The molecule has 1 N–H and O–H groups in total. The predicted molar refractivity (Wildman–Crippen MR) is 106 cm³/mol. The molecule has 6 heteroatoms. The summed E-state index contributed by atoms with van der Waals surface area (Å²) in [6.07, 6.45) is 6.19. The number of esters is 1. The van der Waals surface area contributed by atoms with Crippen LogP contribution in [0.2, 0.25) is 0 Å². The van der Waals surface area contributed by atoms with Gasteiger partial charge in [-0.15, -0.1) is 11.3 Å². The Hall–Kier alpha value is -1.82. The van der Waals surface area contributed by atoms with Crippen molar-refractivity contribution in [3.05, 3.63) is 27.4 Å². The Morgan fingerprint density at radius 1 is 1.23 bits per heavy atom. The normalized spacial score (nSPS) is 12.4. The molecule has 0 bridgehead atoms. The Balaban J connectivity index is 2.35. The van der Waals surface area contributed by atoms with Gasteiger partial charge < -0.3 is 14.4 Å². The number of aromatic hydroxyl groups is 1. The minimum absolute atomic E-state index is 0.226. The molecule has 5 nitrogen and oxygen atoms in total. The summed E-state index contributed by atoms with van der Waals surface area (Å²) >= 11 is 1.33. The maximum Gasteiger partial charge on any atom is 0.347 e. The number of fused-ring (bicyclic) bond motifs is 1. The highest BCUT2D eigenvalue weighted by Crippen LogP contribution is 2.32. The van der Waals surface area contributed by atoms with E-state index in [0.29, 0.717) is 23.2 Å². The lowest BCUT2D eigenvalue weighted by atomic mass is 10.1. The number of ether oxygens (including phenoxy) is 1. The second kappa shape index (κ2) is 9.76. The smallest absolute Gasteiger partial charge is 0.347 e. The minimum atomic E-state index is -0.712. The fraction of sp³-hybridized carbons (Fsp3) is 0.600. The Bertz CT molecular complexity index is 793. The van der Waals surface area contributed by atoms with E-state index in [9.17, 15) is 14.7 Å². The Labute approximate surface area is 158 Å². The molecule has 0 aliphatic heterocycles. The van der Waals surface area contributed by atoms with Crippen molar-refractivity contribution in [1.82, 2.24) is 4.57 Å². The molecule has 2 aromatic heterocycles. The van der Waals surface area contributed by atoms with Gasteiger partial charge in [-0.1, -0.05) is 40.0 Å². The van der Waals surface area contributed by atoms with E-state index in [-0.39, 0.29) is 17.4 Å². The van der Waals surface area contributed by atoms with E-state index in [1.807, 2.05) is 25.3 Å². The van der Waals surface area contributed by atoms with Crippen LogP contribution in [0.1, 0.15) is 76.1 Å². The lowest BCUT2D eigenvalue weighted by Gasteiger charge is -2.17. The fourth-order valence-electron chi connectivity index (χ4n) is 3.05. The molecule has 2 heterocycles. The van der Waals surface area contributed by atoms with Crippen molar-refractivity contribution in [1.29, 1.82) is 0 Å². The van der Waals surface area contributed by atoms with Crippen LogP contribution in [0.5, 0.6) is 5.75 Å². The third-order valence-corrected chi connectivity index (χ3v) is 5.55. The largest absolute Gasteiger partial charge is 0.505 e. The van der Waals surface area contributed by atoms with Crippen LogP contribution in [0, 0.1) is 0 Å². The average molecular weight is 380 g/mol. The van der Waals surface area contributed by atoms with E-state index in [1.54, 1.807) is 4.57 Å². The summed E-state index contributed by atoms with van der Waals surface area (Å²) in [7, 11) is 0. The molecule has 0 spiro atoms. The van der Waals surface area contributed by atoms with Gasteiger partial charge in [0.15, 0.2) is 11.3 Å². The molecular weight excluding hydrogens is 350 g/mol. The number of nitrogens with zero attached hydrogens (tertiary/aromatic N) is 1. The first-order chi connectivity index (χ1) is 12.5. The van der Waals surface area contributed by atoms with E-state index in [0.717, 1.165) is 38.5 Å². The molecular formula is C20H29NO4S. The number of thiophene rings is 1. The number of aromatic nitrogens is 1. The maximum atomic E-state index is 12.9. The van der Waals surface area contributed by atoms with Crippen molar-refractivity contribution < 1.29 is 14.6 Å². The van der Waals surface area contributed by atoms with Gasteiger partial charge in [-0.2, -0.15) is 0 Å². The van der Waals surface area contributed by atoms with Crippen LogP contribution in [-0.2, 0) is 11.3 Å². The van der Waals surface area contributed by atoms with Crippen molar-refractivity contribution in [2.75, 3.05) is 0 Å². The second-order valence-electron chi connectivity index (χ2n) is 6.60. The van der Waals surface area contributed by atoms with Crippen LogP contribution in [0.4, 0.5) is 0 Å². The Morgan fingerprint density at radius 3 is 2.62 bits per heavy atom. The number of unbranched alkanes of at least 4 members (excludes halogenated alkanes) is 3. The van der Waals surface area contributed by atoms with Gasteiger partial charge in [0.1, 0.15) is 6.10 Å². The van der Waals surface area contributed by atoms with E-state index in [4.69, 9.17) is 4.74 Å². The first kappa shape index (κ1) is 20.5. The summed E-state index contributed by atoms with van der Waals surface area (Å²) in [4.78, 5) is 25.6. The molecule has 144 valence electrons. The van der Waals surface area contributed by atoms with Crippen LogP contribution in [0.15, 0.2) is 16.2 Å². The van der Waals surface area contributed by atoms with Crippen molar-refractivity contribution in [2.45, 2.75) is 78.4 Å². The summed E-state index contributed by atoms with van der Waals surface area (Å²) in [6, 6.07) is 1.81. The highest BCUT2D eigenvalue weighted by molar-refractivity contribution is 7.17. The van der Waals surface area contributed by atoms with Gasteiger partial charge >= 0.3 is 5.97 Å². The third kappa shape index (κ3) is 4.47. The van der Waals surface area contributed by atoms with Crippen molar-refractivity contribution >= 4 is 27.5 Å². The second-order valence-corrected chi connectivity index (χ2v) is 7.52. The summed E-state index contributed by atoms with van der Waals surface area (Å²) < 4.78 is 7.72. The quantitative estimate of drug-likeness (QED) is 0.461. The zero-order chi connectivity index (χ0) is 19.1. The molecule has 0 radical (unpaired) electrons. The highest BCUT2D eigenvalue weighted by Gasteiger charge is 2.26. The monoisotopic (exact) mass is 379 g/mol. The summed E-state index contributed by atoms with van der Waals surface area (Å²) in [6.45, 7) is 6.66. The molecule has 1 unspecified atom stereocenters. The van der Waals surface area contributed by atoms with Crippen LogP contribution in [-0.4, -0.2) is 21.7 Å². The third-order valence-electron chi connectivity index (χ3n) is 4.64. The van der Waals surface area contributed by atoms with Crippen molar-refractivity contribution in [3.63, 3.8) is 0 Å². The number of aryl methyl sites for hydroxylation is 1. The standard InChI is InChI=1S/C20H29NO4S/c1-4-7-9-10-14(6-3)25-20(24)16-17(22)18-15(11-13-26-18)21(19(16)23)12-8-5-2/h11,13-14,22H,4-10,12H2,1-3H3. The van der Waals surface area contributed by atoms with E-state index >= 15 is 0 Å². The summed E-state index contributed by atoms with van der Waals surface area (Å²) in [5.74, 6) is -0.961. The lowest BCUT2D eigenvalue weighted by molar-refractivity contribution is 0.0261. The number of rotatable bonds is 10. The minimum Gasteiger partial charge on any atom is -0.505 e. The molecule has 2 aromatic rings. The van der Waals surface area contributed by atoms with Crippen LogP contribution < -0.4 is 5.56 Å². The van der Waals surface area contributed by atoms with Gasteiger partial charge in [0.2, 0.25) is 0 Å². The SMILES string of the molecule is CCCCCC(CC)OC(=O)c1c(O)c2sccc2n(CCCC)c1=O. The number of carbonyl (C=O) groups is 1. The number of hydrogen-bond donors (Lipinski definition) is 1. The van der Waals surface area contributed by atoms with Gasteiger partial charge in [0, 0.05) is 6.54 Å². The lowest BCUT2D eigenvalue weighted by Crippen LogP contribution is -2.29. The Kier molecular flexibility index (Phi) is 7.69. The zero-order valence-corrected chi connectivity index (χ0v) is 16.7. The first-order valence-corrected chi connectivity index (χ1v) is 10.5. The molecule has 0 aliphatic rings. The van der Waals surface area contributed by atoms with Gasteiger partial charge in [-0.3, -0.25) is 4.79 Å². The van der Waals surface area contributed by atoms with Gasteiger partial charge in [0.05, 0.1) is 10.2 Å². The molecule has 0 aromatic carbocycles. The first-order valence-electron chi connectivity index (χ1n) is 9.58. The van der Waals surface area contributed by atoms with Crippen molar-refractivity contribution in [3.8, 4) is 5.75 Å². The van der Waals surface area contributed by atoms with Gasteiger partial charge in [-0.05, 0) is 37.1 Å². The fourth-order valence-corrected chi connectivity index (χ4v) is 3.90. The van der Waals surface area contributed by atoms with E-state index in [1.165, 1.54) is 11.3 Å². The molecule has 2 rings (SSSR count). The predicted octanol–water partition coefficient (Wildman–Crippen LogP) is 5.08. The highest BCUT2D eigenvalue weighted by atomic mass is 32.1. The molecule has 0 fully saturated rings. The summed E-state index contributed by atoms with van der Waals surface area (Å²) in [5, 5.41) is 12.4. The zero-order valence-electron chi connectivity index (χ0n) is 15.9. The van der Waals surface area contributed by atoms with Gasteiger partial charge in [0.25, 0.3) is 5.56 Å². The number of pyridine rings is 1. The number of hydrogen-bond acceptors (Lipinski definition) is 5. The van der Waals surface area contributed by atoms with Crippen LogP contribution in [0.3, 0.4) is 0 Å². The van der Waals surface area contributed by atoms with Crippen LogP contribution in [0.25, 0.3) is 10.2 Å². The molecule has 0 saturated heterocycles. The molecule has 0 amide bonds. The topological polar surface area (TPSA) is 68.5 Å². The van der Waals surface area contributed by atoms with Crippen LogP contribution >= 0.6 is 11.3 Å². The molecule has 0 aliphatic carbocycles. The molecule has 26 heavy (non-hydrogen) atoms. The summed E-state index contributed by atoms with van der Waals surface area (Å²) in [5.41, 5.74) is -0.0160. The van der Waals surface area contributed by atoms with E-state index < -0.39 is 11.5 Å². The van der Waals surface area contributed by atoms with Gasteiger partial charge in [-0.25, -0.2) is 4.79 Å². The molecule has 1 atom stereocenters. The maximum absolute atomic E-state index is 12.9. The average Bonchev–Trinajstić information content (AvgIpc) is 3.11. The number of carbonyl (C=O) groups excluding carboxylic acids is 1. The van der Waals surface area contributed by atoms with E-state index in [2.05, 4.69) is 6.92 Å². The Morgan fingerprint density at radius 2 is 1.96 bits per heavy atom. The van der Waals surface area contributed by atoms with Crippen molar-refractivity contribution in [2.24, 2.45) is 0 Å².